The number of rotatable bonds is 1. The molecule has 1 N–H and O–H groups in total. The van der Waals surface area contributed by atoms with Crippen LogP contribution < -0.4 is 4.74 Å². The van der Waals surface area contributed by atoms with Crippen molar-refractivity contribution in [3.63, 3.8) is 0 Å². The number of hydrogen-bond donors (Lipinski definition) is 1. The summed E-state index contributed by atoms with van der Waals surface area (Å²) >= 11 is 2.15. The van der Waals surface area contributed by atoms with Crippen molar-refractivity contribution in [1.29, 1.82) is 0 Å². The van der Waals surface area contributed by atoms with Gasteiger partial charge in [-0.1, -0.05) is 6.07 Å². The number of esters is 1. The molecule has 2 aromatic rings. The minimum atomic E-state index is -0.350. The van der Waals surface area contributed by atoms with Crippen LogP contribution in [-0.2, 0) is 11.2 Å². The fourth-order valence-corrected chi connectivity index (χ4v) is 3.02. The lowest BCUT2D eigenvalue weighted by molar-refractivity contribution is 0.0594. The van der Waals surface area contributed by atoms with Gasteiger partial charge >= 0.3 is 5.97 Å². The van der Waals surface area contributed by atoms with Gasteiger partial charge in [0.15, 0.2) is 0 Å². The number of H-pyrrole nitrogens is 1. The first-order chi connectivity index (χ1) is 8.22. The highest BCUT2D eigenvalue weighted by molar-refractivity contribution is 14.1. The Hall–Kier alpha value is -1.24. The largest absolute Gasteiger partial charge is 0.492 e. The van der Waals surface area contributed by atoms with Gasteiger partial charge in [0.2, 0.25) is 0 Å². The van der Waals surface area contributed by atoms with Crippen LogP contribution in [0.2, 0.25) is 0 Å². The summed E-state index contributed by atoms with van der Waals surface area (Å²) in [5, 5.41) is 0.987. The molecule has 1 aliphatic rings. The molecule has 0 fully saturated rings. The maximum absolute atomic E-state index is 11.6. The topological polar surface area (TPSA) is 51.3 Å². The third kappa shape index (κ3) is 1.52. The Kier molecular flexibility index (Phi) is 2.50. The second-order valence-corrected chi connectivity index (χ2v) is 4.96. The van der Waals surface area contributed by atoms with E-state index in [0.717, 1.165) is 26.6 Å². The van der Waals surface area contributed by atoms with Crippen LogP contribution in [0, 0.1) is 3.57 Å². The van der Waals surface area contributed by atoms with E-state index in [1.165, 1.54) is 12.7 Å². The summed E-state index contributed by atoms with van der Waals surface area (Å²) in [6.07, 6.45) is 0.931. The summed E-state index contributed by atoms with van der Waals surface area (Å²) in [6, 6.07) is 4.02. The van der Waals surface area contributed by atoms with Crippen molar-refractivity contribution >= 4 is 39.5 Å². The maximum Gasteiger partial charge on any atom is 0.355 e. The average molecular weight is 343 g/mol. The first-order valence-electron chi connectivity index (χ1n) is 5.26. The predicted molar refractivity (Wildman–Crippen MR) is 71.6 cm³/mol. The zero-order chi connectivity index (χ0) is 12.0. The number of benzene rings is 1. The number of carbonyl (C=O) groups excluding carboxylic acids is 1. The van der Waals surface area contributed by atoms with E-state index >= 15 is 0 Å². The van der Waals surface area contributed by atoms with E-state index in [0.29, 0.717) is 12.3 Å². The van der Waals surface area contributed by atoms with Crippen molar-refractivity contribution in [3.05, 3.63) is 27.0 Å². The lowest BCUT2D eigenvalue weighted by atomic mass is 10.1. The molecule has 0 unspecified atom stereocenters. The number of nitrogens with one attached hydrogen (secondary N) is 1. The van der Waals surface area contributed by atoms with E-state index in [9.17, 15) is 4.79 Å². The number of carbonyl (C=O) groups is 1. The smallest absolute Gasteiger partial charge is 0.355 e. The molecule has 17 heavy (non-hydrogen) atoms. The van der Waals surface area contributed by atoms with Gasteiger partial charge in [-0.3, -0.25) is 0 Å². The molecule has 5 heteroatoms. The molecular weight excluding hydrogens is 333 g/mol. The van der Waals surface area contributed by atoms with Crippen LogP contribution in [-0.4, -0.2) is 24.7 Å². The highest BCUT2D eigenvalue weighted by Gasteiger charge is 2.23. The Labute approximate surface area is 111 Å². The standard InChI is InChI=1S/C12H10INO3/c1-16-12(15)10-9(13)8-7(14-10)3-2-6-4-5-17-11(6)8/h2-3,14H,4-5H2,1H3. The van der Waals surface area contributed by atoms with Gasteiger partial charge in [0, 0.05) is 6.42 Å². The molecule has 0 atom stereocenters. The molecule has 0 bridgehead atoms. The molecule has 0 amide bonds. The molecule has 1 aromatic heterocycles. The molecule has 88 valence electrons. The maximum atomic E-state index is 11.6. The van der Waals surface area contributed by atoms with E-state index in [4.69, 9.17) is 9.47 Å². The Morgan fingerprint density at radius 2 is 2.35 bits per heavy atom. The zero-order valence-corrected chi connectivity index (χ0v) is 11.3. The Balaban J connectivity index is 2.31. The van der Waals surface area contributed by atoms with Gasteiger partial charge in [0.25, 0.3) is 0 Å². The fraction of sp³-hybridized carbons (Fsp3) is 0.250. The SMILES string of the molecule is COC(=O)c1[nH]c2ccc3c(c2c1I)OCC3. The quantitative estimate of drug-likeness (QED) is 0.639. The van der Waals surface area contributed by atoms with E-state index in [-0.39, 0.29) is 5.97 Å². The molecule has 0 saturated carbocycles. The Morgan fingerprint density at radius 1 is 1.53 bits per heavy atom. The van der Waals surface area contributed by atoms with Crippen molar-refractivity contribution < 1.29 is 14.3 Å². The second kappa shape index (κ2) is 3.90. The summed E-state index contributed by atoms with van der Waals surface area (Å²) in [6.45, 7) is 0.712. The first kappa shape index (κ1) is 10.9. The third-order valence-corrected chi connectivity index (χ3v) is 4.02. The van der Waals surface area contributed by atoms with Crippen molar-refractivity contribution in [2.24, 2.45) is 0 Å². The first-order valence-corrected chi connectivity index (χ1v) is 6.34. The number of halogens is 1. The van der Waals surface area contributed by atoms with Gasteiger partial charge in [-0.05, 0) is 34.2 Å². The number of aromatic nitrogens is 1. The van der Waals surface area contributed by atoms with Gasteiger partial charge in [0.05, 0.1) is 28.2 Å². The third-order valence-electron chi connectivity index (χ3n) is 2.95. The molecule has 1 aromatic carbocycles. The number of fused-ring (bicyclic) bond motifs is 3. The highest BCUT2D eigenvalue weighted by atomic mass is 127. The summed E-state index contributed by atoms with van der Waals surface area (Å²) in [4.78, 5) is 14.7. The van der Waals surface area contributed by atoms with E-state index in [1.54, 1.807) is 0 Å². The number of methoxy groups -OCH3 is 1. The summed E-state index contributed by atoms with van der Waals surface area (Å²) < 4.78 is 11.3. The summed E-state index contributed by atoms with van der Waals surface area (Å²) in [7, 11) is 1.38. The normalized spacial score (nSPS) is 13.5. The summed E-state index contributed by atoms with van der Waals surface area (Å²) in [5.74, 6) is 0.552. The van der Waals surface area contributed by atoms with Crippen molar-refractivity contribution in [1.82, 2.24) is 4.98 Å². The number of ether oxygens (including phenoxy) is 2. The van der Waals surface area contributed by atoms with Crippen molar-refractivity contribution in [3.8, 4) is 5.75 Å². The zero-order valence-electron chi connectivity index (χ0n) is 9.17. The fourth-order valence-electron chi connectivity index (χ4n) is 2.13. The predicted octanol–water partition coefficient (Wildman–Crippen LogP) is 2.49. The molecule has 2 heterocycles. The molecule has 0 spiro atoms. The van der Waals surface area contributed by atoms with Crippen LogP contribution in [0.1, 0.15) is 16.1 Å². The average Bonchev–Trinajstić information content (AvgIpc) is 2.92. The Bertz CT molecular complexity index is 618. The van der Waals surface area contributed by atoms with Crippen LogP contribution in [0.15, 0.2) is 12.1 Å². The lowest BCUT2D eigenvalue weighted by Gasteiger charge is -2.01. The monoisotopic (exact) mass is 343 g/mol. The molecular formula is C12H10INO3. The van der Waals surface area contributed by atoms with Crippen LogP contribution in [0.3, 0.4) is 0 Å². The second-order valence-electron chi connectivity index (χ2n) is 3.88. The van der Waals surface area contributed by atoms with Gasteiger partial charge in [-0.15, -0.1) is 0 Å². The van der Waals surface area contributed by atoms with Crippen molar-refractivity contribution in [2.75, 3.05) is 13.7 Å². The molecule has 0 radical (unpaired) electrons. The molecule has 0 aliphatic carbocycles. The highest BCUT2D eigenvalue weighted by Crippen LogP contribution is 2.38. The Morgan fingerprint density at radius 3 is 3.12 bits per heavy atom. The van der Waals surface area contributed by atoms with E-state index < -0.39 is 0 Å². The minimum absolute atomic E-state index is 0.350. The minimum Gasteiger partial charge on any atom is -0.492 e. The number of hydrogen-bond acceptors (Lipinski definition) is 3. The van der Waals surface area contributed by atoms with Crippen LogP contribution >= 0.6 is 22.6 Å². The van der Waals surface area contributed by atoms with E-state index in [1.807, 2.05) is 12.1 Å². The molecule has 3 rings (SSSR count). The van der Waals surface area contributed by atoms with Crippen molar-refractivity contribution in [2.45, 2.75) is 6.42 Å². The van der Waals surface area contributed by atoms with Gasteiger partial charge < -0.3 is 14.5 Å². The summed E-state index contributed by atoms with van der Waals surface area (Å²) in [5.41, 5.74) is 2.60. The van der Waals surface area contributed by atoms with E-state index in [2.05, 4.69) is 27.6 Å². The van der Waals surface area contributed by atoms with Crippen LogP contribution in [0.5, 0.6) is 5.75 Å². The molecule has 0 saturated heterocycles. The lowest BCUT2D eigenvalue weighted by Crippen LogP contribution is -2.03. The molecule has 4 nitrogen and oxygen atoms in total. The van der Waals surface area contributed by atoms with Gasteiger partial charge in [-0.25, -0.2) is 4.79 Å². The van der Waals surface area contributed by atoms with Crippen LogP contribution in [0.25, 0.3) is 10.9 Å². The van der Waals surface area contributed by atoms with Gasteiger partial charge in [0.1, 0.15) is 11.4 Å². The van der Waals surface area contributed by atoms with Gasteiger partial charge in [-0.2, -0.15) is 0 Å². The number of aromatic amines is 1. The molecule has 1 aliphatic heterocycles. The van der Waals surface area contributed by atoms with Crippen LogP contribution in [0.4, 0.5) is 0 Å².